The first kappa shape index (κ1) is 13.2. The third kappa shape index (κ3) is 4.68. The molecule has 0 radical (unpaired) electrons. The van der Waals surface area contributed by atoms with E-state index >= 15 is 0 Å². The van der Waals surface area contributed by atoms with Crippen molar-refractivity contribution in [3.63, 3.8) is 0 Å². The largest absolute Gasteiger partial charge is 0.384 e. The quantitative estimate of drug-likeness (QED) is 0.739. The Morgan fingerprint density at radius 3 is 2.82 bits per heavy atom. The fraction of sp³-hybridized carbons (Fsp3) is 0.385. The number of hydrogen-bond donors (Lipinski definition) is 2. The van der Waals surface area contributed by atoms with Gasteiger partial charge in [0.2, 0.25) is 0 Å². The van der Waals surface area contributed by atoms with E-state index < -0.39 is 0 Å². The van der Waals surface area contributed by atoms with Crippen LogP contribution in [-0.2, 0) is 0 Å². The van der Waals surface area contributed by atoms with E-state index in [0.717, 1.165) is 12.2 Å². The zero-order chi connectivity index (χ0) is 12.7. The van der Waals surface area contributed by atoms with Gasteiger partial charge in [-0.15, -0.1) is 6.58 Å². The van der Waals surface area contributed by atoms with Crippen LogP contribution in [0.1, 0.15) is 24.3 Å². The van der Waals surface area contributed by atoms with Gasteiger partial charge in [0.25, 0.3) is 5.91 Å². The van der Waals surface area contributed by atoms with Crippen LogP contribution < -0.4 is 10.6 Å². The topological polar surface area (TPSA) is 54.0 Å². The molecule has 1 heterocycles. The number of hydrogen-bond acceptors (Lipinski definition) is 3. The van der Waals surface area contributed by atoms with Gasteiger partial charge in [-0.25, -0.2) is 4.98 Å². The van der Waals surface area contributed by atoms with Crippen LogP contribution in [0.2, 0.25) is 0 Å². The molecule has 0 unspecified atom stereocenters. The summed E-state index contributed by atoms with van der Waals surface area (Å²) < 4.78 is 0. The summed E-state index contributed by atoms with van der Waals surface area (Å²) in [5, 5.41) is 5.92. The fourth-order valence-electron chi connectivity index (χ4n) is 1.21. The third-order valence-corrected chi connectivity index (χ3v) is 2.12. The monoisotopic (exact) mass is 233 g/mol. The molecule has 1 rings (SSSR count). The molecule has 0 atom stereocenters. The van der Waals surface area contributed by atoms with Gasteiger partial charge in [-0.2, -0.15) is 0 Å². The smallest absolute Gasteiger partial charge is 0.270 e. The molecule has 0 aromatic carbocycles. The van der Waals surface area contributed by atoms with Gasteiger partial charge in [-0.05, 0) is 18.1 Å². The van der Waals surface area contributed by atoms with Gasteiger partial charge < -0.3 is 10.6 Å². The van der Waals surface area contributed by atoms with E-state index in [1.54, 1.807) is 18.3 Å². The molecule has 0 aliphatic carbocycles. The SMILES string of the molecule is C=CCNC(=O)c1ccc(NCC(C)C)cn1. The standard InChI is InChI=1S/C13H19N3O/c1-4-7-14-13(17)12-6-5-11(9-16-12)15-8-10(2)3/h4-6,9-10,15H,1,7-8H2,2-3H3,(H,14,17). The molecule has 1 aromatic heterocycles. The molecule has 1 amide bonds. The molecule has 4 heteroatoms. The average Bonchev–Trinajstić information content (AvgIpc) is 2.34. The molecule has 0 aliphatic rings. The molecule has 0 saturated carbocycles. The first-order valence-electron chi connectivity index (χ1n) is 5.72. The van der Waals surface area contributed by atoms with Crippen LogP contribution >= 0.6 is 0 Å². The summed E-state index contributed by atoms with van der Waals surface area (Å²) in [5.41, 5.74) is 1.35. The van der Waals surface area contributed by atoms with Crippen molar-refractivity contribution in [1.82, 2.24) is 10.3 Å². The fourth-order valence-corrected chi connectivity index (χ4v) is 1.21. The summed E-state index contributed by atoms with van der Waals surface area (Å²) in [4.78, 5) is 15.6. The summed E-state index contributed by atoms with van der Waals surface area (Å²) in [6.07, 6.45) is 3.31. The Balaban J connectivity index is 2.55. The van der Waals surface area contributed by atoms with E-state index in [1.807, 2.05) is 6.07 Å². The summed E-state index contributed by atoms with van der Waals surface area (Å²) in [7, 11) is 0. The van der Waals surface area contributed by atoms with Gasteiger partial charge in [-0.1, -0.05) is 19.9 Å². The Morgan fingerprint density at radius 2 is 2.29 bits per heavy atom. The van der Waals surface area contributed by atoms with E-state index in [2.05, 4.69) is 36.0 Å². The van der Waals surface area contributed by atoms with Crippen molar-refractivity contribution in [2.45, 2.75) is 13.8 Å². The number of pyridine rings is 1. The van der Waals surface area contributed by atoms with Crippen LogP contribution in [0.15, 0.2) is 31.0 Å². The second kappa shape index (κ2) is 6.68. The number of amides is 1. The maximum atomic E-state index is 11.5. The molecule has 0 aliphatic heterocycles. The van der Waals surface area contributed by atoms with Gasteiger partial charge in [0.15, 0.2) is 0 Å². The van der Waals surface area contributed by atoms with Crippen LogP contribution in [-0.4, -0.2) is 24.0 Å². The first-order valence-corrected chi connectivity index (χ1v) is 5.72. The summed E-state index contributed by atoms with van der Waals surface area (Å²) in [6, 6.07) is 3.57. The number of rotatable bonds is 6. The predicted octanol–water partition coefficient (Wildman–Crippen LogP) is 2.07. The highest BCUT2D eigenvalue weighted by molar-refractivity contribution is 5.92. The lowest BCUT2D eigenvalue weighted by Gasteiger charge is -2.08. The number of nitrogens with one attached hydrogen (secondary N) is 2. The van der Waals surface area contributed by atoms with Crippen LogP contribution in [0.5, 0.6) is 0 Å². The molecule has 0 spiro atoms. The maximum Gasteiger partial charge on any atom is 0.270 e. The van der Waals surface area contributed by atoms with Gasteiger partial charge >= 0.3 is 0 Å². The maximum absolute atomic E-state index is 11.5. The molecular weight excluding hydrogens is 214 g/mol. The zero-order valence-corrected chi connectivity index (χ0v) is 10.4. The van der Waals surface area contributed by atoms with Crippen molar-refractivity contribution in [3.05, 3.63) is 36.7 Å². The van der Waals surface area contributed by atoms with Crippen molar-refractivity contribution in [2.75, 3.05) is 18.4 Å². The Bertz CT molecular complexity index is 371. The van der Waals surface area contributed by atoms with Gasteiger partial charge in [-0.3, -0.25) is 4.79 Å². The van der Waals surface area contributed by atoms with E-state index in [0.29, 0.717) is 18.2 Å². The van der Waals surface area contributed by atoms with Crippen molar-refractivity contribution in [3.8, 4) is 0 Å². The van der Waals surface area contributed by atoms with E-state index in [4.69, 9.17) is 0 Å². The average molecular weight is 233 g/mol. The summed E-state index contributed by atoms with van der Waals surface area (Å²) in [5.74, 6) is 0.394. The summed E-state index contributed by atoms with van der Waals surface area (Å²) >= 11 is 0. The number of carbonyl (C=O) groups excluding carboxylic acids is 1. The lowest BCUT2D eigenvalue weighted by atomic mass is 10.2. The first-order chi connectivity index (χ1) is 8.13. The molecule has 2 N–H and O–H groups in total. The molecule has 0 bridgehead atoms. The van der Waals surface area contributed by atoms with Gasteiger partial charge in [0.05, 0.1) is 11.9 Å². The van der Waals surface area contributed by atoms with E-state index in [9.17, 15) is 4.79 Å². The van der Waals surface area contributed by atoms with Crippen LogP contribution in [0.25, 0.3) is 0 Å². The minimum absolute atomic E-state index is 0.180. The Morgan fingerprint density at radius 1 is 1.53 bits per heavy atom. The molecule has 17 heavy (non-hydrogen) atoms. The van der Waals surface area contributed by atoms with Crippen LogP contribution in [0, 0.1) is 5.92 Å². The van der Waals surface area contributed by atoms with Gasteiger partial charge in [0.1, 0.15) is 5.69 Å². The Hall–Kier alpha value is -1.84. The normalized spacial score (nSPS) is 10.1. The minimum Gasteiger partial charge on any atom is -0.384 e. The molecule has 0 fully saturated rings. The molecular formula is C13H19N3O. The van der Waals surface area contributed by atoms with Crippen molar-refractivity contribution < 1.29 is 4.79 Å². The number of nitrogens with zero attached hydrogens (tertiary/aromatic N) is 1. The molecule has 92 valence electrons. The van der Waals surface area contributed by atoms with Gasteiger partial charge in [0, 0.05) is 13.1 Å². The minimum atomic E-state index is -0.180. The van der Waals surface area contributed by atoms with Crippen LogP contribution in [0.3, 0.4) is 0 Å². The number of anilines is 1. The molecule has 4 nitrogen and oxygen atoms in total. The Labute approximate surface area is 102 Å². The zero-order valence-electron chi connectivity index (χ0n) is 10.4. The Kier molecular flexibility index (Phi) is 5.20. The molecule has 0 saturated heterocycles. The van der Waals surface area contributed by atoms with Crippen molar-refractivity contribution in [1.29, 1.82) is 0 Å². The highest BCUT2D eigenvalue weighted by Gasteiger charge is 2.05. The highest BCUT2D eigenvalue weighted by atomic mass is 16.1. The van der Waals surface area contributed by atoms with E-state index in [1.165, 1.54) is 0 Å². The highest BCUT2D eigenvalue weighted by Crippen LogP contribution is 2.07. The van der Waals surface area contributed by atoms with Crippen molar-refractivity contribution in [2.24, 2.45) is 5.92 Å². The lowest BCUT2D eigenvalue weighted by Crippen LogP contribution is -2.24. The number of carbonyl (C=O) groups is 1. The molecule has 1 aromatic rings. The lowest BCUT2D eigenvalue weighted by molar-refractivity contribution is 0.0953. The second-order valence-corrected chi connectivity index (χ2v) is 4.21. The van der Waals surface area contributed by atoms with Crippen LogP contribution in [0.4, 0.5) is 5.69 Å². The third-order valence-electron chi connectivity index (χ3n) is 2.12. The summed E-state index contributed by atoms with van der Waals surface area (Å²) in [6.45, 7) is 9.15. The predicted molar refractivity (Wildman–Crippen MR) is 70.1 cm³/mol. The second-order valence-electron chi connectivity index (χ2n) is 4.21. The van der Waals surface area contributed by atoms with E-state index in [-0.39, 0.29) is 5.91 Å². The number of aromatic nitrogens is 1. The van der Waals surface area contributed by atoms with Crippen molar-refractivity contribution >= 4 is 11.6 Å².